The Morgan fingerprint density at radius 2 is 1.81 bits per heavy atom. The van der Waals surface area contributed by atoms with Crippen molar-refractivity contribution in [1.82, 2.24) is 0 Å². The van der Waals surface area contributed by atoms with Gasteiger partial charge in [-0.15, -0.1) is 0 Å². The first-order valence-corrected chi connectivity index (χ1v) is 7.69. The minimum atomic E-state index is -1.60. The molecule has 0 spiro atoms. The first kappa shape index (κ1) is 14.4. The molecule has 0 atom stereocenters. The largest absolute Gasteiger partial charge is 0.488 e. The number of hydrogen-bond donors (Lipinski definition) is 3. The van der Waals surface area contributed by atoms with Gasteiger partial charge in [-0.05, 0) is 54.0 Å². The third kappa shape index (κ3) is 3.58. The lowest BCUT2D eigenvalue weighted by Crippen LogP contribution is -2.29. The molecule has 1 fully saturated rings. The number of nitrogens with one attached hydrogen (secondary N) is 1. The summed E-state index contributed by atoms with van der Waals surface area (Å²) in [4.78, 5) is 0. The molecule has 3 rings (SSSR count). The van der Waals surface area contributed by atoms with Crippen molar-refractivity contribution >= 4 is 30.2 Å². The summed E-state index contributed by atoms with van der Waals surface area (Å²) in [5.41, 5.74) is 2.33. The maximum atomic E-state index is 13.9. The van der Waals surface area contributed by atoms with Crippen LogP contribution in [0.4, 0.5) is 10.1 Å². The van der Waals surface area contributed by atoms with Crippen LogP contribution < -0.4 is 10.2 Å². The zero-order chi connectivity index (χ0) is 14.8. The van der Waals surface area contributed by atoms with Crippen molar-refractivity contribution in [2.75, 3.05) is 4.72 Å². The molecule has 6 heteroatoms. The van der Waals surface area contributed by atoms with Crippen LogP contribution in [-0.2, 0) is 0 Å². The summed E-state index contributed by atoms with van der Waals surface area (Å²) < 4.78 is 17.2. The lowest BCUT2D eigenvalue weighted by atomic mass is 9.79. The van der Waals surface area contributed by atoms with E-state index in [1.54, 1.807) is 11.9 Å². The SMILES string of the molecule is OB(O)c1ccc(F)c(-c2ccc(NSC3CC3)cc2)c1. The van der Waals surface area contributed by atoms with E-state index < -0.39 is 7.12 Å². The van der Waals surface area contributed by atoms with Gasteiger partial charge in [0.05, 0.1) is 0 Å². The molecule has 0 heterocycles. The molecule has 0 bridgehead atoms. The van der Waals surface area contributed by atoms with Gasteiger partial charge in [-0.2, -0.15) is 0 Å². The molecular formula is C15H15BFNO2S. The lowest BCUT2D eigenvalue weighted by molar-refractivity contribution is 0.425. The van der Waals surface area contributed by atoms with Crippen LogP contribution in [0.1, 0.15) is 12.8 Å². The third-order valence-electron chi connectivity index (χ3n) is 3.35. The fourth-order valence-electron chi connectivity index (χ4n) is 1.98. The van der Waals surface area contributed by atoms with E-state index in [0.29, 0.717) is 16.4 Å². The number of halogens is 1. The molecule has 3 N–H and O–H groups in total. The second-order valence-electron chi connectivity index (χ2n) is 5.11. The first-order valence-electron chi connectivity index (χ1n) is 6.81. The fourth-order valence-corrected chi connectivity index (χ4v) is 2.79. The second-order valence-corrected chi connectivity index (χ2v) is 6.22. The van der Waals surface area contributed by atoms with E-state index in [2.05, 4.69) is 4.72 Å². The van der Waals surface area contributed by atoms with Crippen molar-refractivity contribution in [2.24, 2.45) is 0 Å². The quantitative estimate of drug-likeness (QED) is 0.586. The molecule has 21 heavy (non-hydrogen) atoms. The first-order chi connectivity index (χ1) is 10.1. The van der Waals surface area contributed by atoms with E-state index in [1.807, 2.05) is 24.3 Å². The molecule has 108 valence electrons. The van der Waals surface area contributed by atoms with E-state index in [1.165, 1.54) is 31.0 Å². The second kappa shape index (κ2) is 6.09. The molecule has 2 aromatic rings. The van der Waals surface area contributed by atoms with E-state index in [9.17, 15) is 14.4 Å². The highest BCUT2D eigenvalue weighted by Gasteiger charge is 2.22. The van der Waals surface area contributed by atoms with Crippen LogP contribution in [0.15, 0.2) is 42.5 Å². The van der Waals surface area contributed by atoms with Gasteiger partial charge in [-0.25, -0.2) is 4.39 Å². The summed E-state index contributed by atoms with van der Waals surface area (Å²) in [6.07, 6.45) is 2.52. The smallest absolute Gasteiger partial charge is 0.423 e. The average Bonchev–Trinajstić information content (AvgIpc) is 3.30. The Kier molecular flexibility index (Phi) is 4.19. The maximum absolute atomic E-state index is 13.9. The topological polar surface area (TPSA) is 52.5 Å². The highest BCUT2D eigenvalue weighted by molar-refractivity contribution is 8.01. The molecule has 0 saturated heterocycles. The minimum Gasteiger partial charge on any atom is -0.423 e. The third-order valence-corrected chi connectivity index (χ3v) is 4.51. The predicted molar refractivity (Wildman–Crippen MR) is 85.9 cm³/mol. The van der Waals surface area contributed by atoms with Crippen molar-refractivity contribution in [1.29, 1.82) is 0 Å². The zero-order valence-electron chi connectivity index (χ0n) is 11.3. The fraction of sp³-hybridized carbons (Fsp3) is 0.200. The summed E-state index contributed by atoms with van der Waals surface area (Å²) in [6, 6.07) is 11.5. The predicted octanol–water partition coefficient (Wildman–Crippen LogP) is 2.39. The molecule has 0 amide bonds. The van der Waals surface area contributed by atoms with Crippen molar-refractivity contribution in [3.05, 3.63) is 48.3 Å². The van der Waals surface area contributed by atoms with Crippen molar-refractivity contribution in [2.45, 2.75) is 18.1 Å². The molecule has 1 aliphatic rings. The Morgan fingerprint density at radius 1 is 1.10 bits per heavy atom. The number of rotatable bonds is 5. The van der Waals surface area contributed by atoms with Gasteiger partial charge in [0.2, 0.25) is 0 Å². The molecule has 0 aliphatic heterocycles. The average molecular weight is 303 g/mol. The van der Waals surface area contributed by atoms with Crippen LogP contribution in [0.3, 0.4) is 0 Å². The Balaban J connectivity index is 1.80. The molecule has 0 aromatic heterocycles. The van der Waals surface area contributed by atoms with Crippen LogP contribution in [-0.4, -0.2) is 22.4 Å². The summed E-state index contributed by atoms with van der Waals surface area (Å²) in [6.45, 7) is 0. The van der Waals surface area contributed by atoms with Gasteiger partial charge in [0.25, 0.3) is 0 Å². The van der Waals surface area contributed by atoms with E-state index in [-0.39, 0.29) is 11.3 Å². The van der Waals surface area contributed by atoms with Gasteiger partial charge in [-0.1, -0.05) is 24.3 Å². The molecule has 2 aromatic carbocycles. The molecule has 1 aliphatic carbocycles. The number of anilines is 1. The number of benzene rings is 2. The van der Waals surface area contributed by atoms with Crippen LogP contribution >= 0.6 is 11.9 Å². The summed E-state index contributed by atoms with van der Waals surface area (Å²) in [7, 11) is -1.60. The molecule has 0 radical (unpaired) electrons. The summed E-state index contributed by atoms with van der Waals surface area (Å²) in [5, 5.41) is 19.1. The Labute approximate surface area is 127 Å². The standard InChI is InChI=1S/C15H15BFNO2S/c17-15-8-3-11(16(19)20)9-14(15)10-1-4-12(5-2-10)18-21-13-6-7-13/h1-5,8-9,13,18-20H,6-7H2. The minimum absolute atomic E-state index is 0.276. The van der Waals surface area contributed by atoms with Crippen LogP contribution in [0, 0.1) is 5.82 Å². The van der Waals surface area contributed by atoms with Crippen molar-refractivity contribution in [3.63, 3.8) is 0 Å². The highest BCUT2D eigenvalue weighted by atomic mass is 32.2. The van der Waals surface area contributed by atoms with Gasteiger partial charge in [0.15, 0.2) is 0 Å². The van der Waals surface area contributed by atoms with Crippen molar-refractivity contribution < 1.29 is 14.4 Å². The van der Waals surface area contributed by atoms with Gasteiger partial charge in [-0.3, -0.25) is 0 Å². The van der Waals surface area contributed by atoms with E-state index in [0.717, 1.165) is 5.69 Å². The van der Waals surface area contributed by atoms with Crippen LogP contribution in [0.5, 0.6) is 0 Å². The van der Waals surface area contributed by atoms with Gasteiger partial charge in [0.1, 0.15) is 5.82 Å². The summed E-state index contributed by atoms with van der Waals surface area (Å²) in [5.74, 6) is -0.382. The van der Waals surface area contributed by atoms with Gasteiger partial charge >= 0.3 is 7.12 Å². The lowest BCUT2D eigenvalue weighted by Gasteiger charge is -2.09. The Morgan fingerprint density at radius 3 is 2.43 bits per heavy atom. The zero-order valence-corrected chi connectivity index (χ0v) is 12.1. The monoisotopic (exact) mass is 303 g/mol. The molecule has 3 nitrogen and oxygen atoms in total. The van der Waals surface area contributed by atoms with Crippen LogP contribution in [0.2, 0.25) is 0 Å². The summed E-state index contributed by atoms with van der Waals surface area (Å²) >= 11 is 1.72. The Bertz CT molecular complexity index is 632. The molecular weight excluding hydrogens is 288 g/mol. The maximum Gasteiger partial charge on any atom is 0.488 e. The van der Waals surface area contributed by atoms with Crippen molar-refractivity contribution in [3.8, 4) is 11.1 Å². The molecule has 1 saturated carbocycles. The number of hydrogen-bond acceptors (Lipinski definition) is 4. The van der Waals surface area contributed by atoms with E-state index >= 15 is 0 Å². The normalized spacial score (nSPS) is 14.0. The van der Waals surface area contributed by atoms with Gasteiger partial charge in [0, 0.05) is 16.5 Å². The molecule has 0 unspecified atom stereocenters. The van der Waals surface area contributed by atoms with Crippen LogP contribution in [0.25, 0.3) is 11.1 Å². The van der Waals surface area contributed by atoms with E-state index in [4.69, 9.17) is 0 Å². The van der Waals surface area contributed by atoms with Gasteiger partial charge < -0.3 is 14.8 Å². The Hall–Kier alpha value is -1.50. The highest BCUT2D eigenvalue weighted by Crippen LogP contribution is 2.34.